The minimum absolute atomic E-state index is 0.326. The van der Waals surface area contributed by atoms with Crippen LogP contribution in [-0.2, 0) is 0 Å². The first-order chi connectivity index (χ1) is 16.7. The second-order valence-electron chi connectivity index (χ2n) is 9.53. The molecule has 0 radical (unpaired) electrons. The molecule has 0 aliphatic rings. The van der Waals surface area contributed by atoms with Crippen molar-refractivity contribution in [2.45, 2.75) is 115 Å². The minimum atomic E-state index is -0.420. The zero-order valence-electron chi connectivity index (χ0n) is 22.1. The Morgan fingerprint density at radius 1 is 0.471 bits per heavy atom. The number of unbranched alkanes of at least 4 members (excludes halogenated alkanes) is 13. The third-order valence-electron chi connectivity index (χ3n) is 6.10. The van der Waals surface area contributed by atoms with Gasteiger partial charge < -0.3 is 32.3 Å². The average Bonchev–Trinajstić information content (AvgIpc) is 2.85. The van der Waals surface area contributed by atoms with Gasteiger partial charge in [0.15, 0.2) is 0 Å². The number of hydrogen-bond donors (Lipinski definition) is 6. The van der Waals surface area contributed by atoms with Gasteiger partial charge in [-0.25, -0.2) is 0 Å². The van der Waals surface area contributed by atoms with Crippen molar-refractivity contribution in [3.8, 4) is 0 Å². The molecule has 0 saturated heterocycles. The van der Waals surface area contributed by atoms with E-state index in [-0.39, 0.29) is 0 Å². The summed E-state index contributed by atoms with van der Waals surface area (Å²) in [5, 5.41) is 25.1. The van der Waals surface area contributed by atoms with Crippen LogP contribution in [-0.4, -0.2) is 61.7 Å². The summed E-state index contributed by atoms with van der Waals surface area (Å²) < 4.78 is 0. The lowest BCUT2D eigenvalue weighted by Crippen LogP contribution is -2.32. The lowest BCUT2D eigenvalue weighted by Gasteiger charge is -2.07. The number of nitrogens with two attached hydrogens (primary N) is 2. The third-order valence-corrected chi connectivity index (χ3v) is 6.10. The van der Waals surface area contributed by atoms with Gasteiger partial charge in [0.2, 0.25) is 0 Å². The monoisotopic (exact) mass is 482 g/mol. The maximum Gasteiger partial charge on any atom is 0.0786 e. The van der Waals surface area contributed by atoms with Crippen LogP contribution in [0.4, 0.5) is 0 Å². The van der Waals surface area contributed by atoms with Gasteiger partial charge in [-0.2, -0.15) is 0 Å². The van der Waals surface area contributed by atoms with Crippen LogP contribution < -0.4 is 22.1 Å². The van der Waals surface area contributed by atoms with Crippen molar-refractivity contribution in [3.63, 3.8) is 0 Å². The number of hydrogen-bond acceptors (Lipinski definition) is 6. The highest BCUT2D eigenvalue weighted by atomic mass is 16.3. The molecule has 34 heavy (non-hydrogen) atoms. The molecule has 0 aromatic rings. The van der Waals surface area contributed by atoms with E-state index in [0.29, 0.717) is 26.2 Å². The highest BCUT2D eigenvalue weighted by molar-refractivity contribution is 4.83. The van der Waals surface area contributed by atoms with Crippen molar-refractivity contribution in [2.75, 3.05) is 39.3 Å². The largest absolute Gasteiger partial charge is 0.390 e. The third kappa shape index (κ3) is 27.5. The maximum absolute atomic E-state index is 9.34. The molecule has 0 aromatic carbocycles. The van der Waals surface area contributed by atoms with Crippen molar-refractivity contribution in [2.24, 2.45) is 11.5 Å². The molecule has 8 N–H and O–H groups in total. The van der Waals surface area contributed by atoms with Crippen LogP contribution in [0.2, 0.25) is 0 Å². The molecule has 2 unspecified atom stereocenters. The molecule has 0 rings (SSSR count). The molecule has 2 atom stereocenters. The SMILES string of the molecule is NCC(O)CNCCC=CCCCCCCCCCCCCCCC=CCCNCC(O)CN. The molecule has 0 spiro atoms. The van der Waals surface area contributed by atoms with Crippen molar-refractivity contribution in [1.82, 2.24) is 10.6 Å². The summed E-state index contributed by atoms with van der Waals surface area (Å²) in [5.74, 6) is 0. The molecule has 0 amide bonds. The molecule has 0 saturated carbocycles. The van der Waals surface area contributed by atoms with Crippen LogP contribution in [0.1, 0.15) is 103 Å². The smallest absolute Gasteiger partial charge is 0.0786 e. The van der Waals surface area contributed by atoms with Gasteiger partial charge in [0.05, 0.1) is 12.2 Å². The predicted molar refractivity (Wildman–Crippen MR) is 148 cm³/mol. The first kappa shape index (κ1) is 33.2. The van der Waals surface area contributed by atoms with Gasteiger partial charge in [-0.3, -0.25) is 0 Å². The van der Waals surface area contributed by atoms with E-state index in [1.807, 2.05) is 0 Å². The fourth-order valence-electron chi connectivity index (χ4n) is 3.84. The van der Waals surface area contributed by atoms with Gasteiger partial charge in [-0.05, 0) is 51.6 Å². The van der Waals surface area contributed by atoms with Crippen LogP contribution >= 0.6 is 0 Å². The van der Waals surface area contributed by atoms with E-state index < -0.39 is 12.2 Å². The summed E-state index contributed by atoms with van der Waals surface area (Å²) in [6.45, 7) is 3.65. The molecule has 6 heteroatoms. The fraction of sp³-hybridized carbons (Fsp3) is 0.857. The summed E-state index contributed by atoms with van der Waals surface area (Å²) in [7, 11) is 0. The number of aliphatic hydroxyl groups excluding tert-OH is 2. The highest BCUT2D eigenvalue weighted by Crippen LogP contribution is 2.13. The van der Waals surface area contributed by atoms with Crippen LogP contribution in [0.3, 0.4) is 0 Å². The molecule has 0 fully saturated rings. The Hall–Kier alpha value is -0.760. The van der Waals surface area contributed by atoms with E-state index in [9.17, 15) is 10.2 Å². The van der Waals surface area contributed by atoms with E-state index in [1.54, 1.807) is 0 Å². The van der Waals surface area contributed by atoms with Gasteiger partial charge in [0.25, 0.3) is 0 Å². The van der Waals surface area contributed by atoms with Crippen LogP contribution in [0.5, 0.6) is 0 Å². The first-order valence-corrected chi connectivity index (χ1v) is 14.2. The van der Waals surface area contributed by atoms with Crippen LogP contribution in [0.15, 0.2) is 24.3 Å². The normalized spacial score (nSPS) is 13.9. The molecule has 0 aliphatic carbocycles. The Bertz CT molecular complexity index is 406. The zero-order valence-corrected chi connectivity index (χ0v) is 22.1. The number of nitrogens with one attached hydrogen (secondary N) is 2. The van der Waals surface area contributed by atoms with Gasteiger partial charge in [-0.1, -0.05) is 88.5 Å². The van der Waals surface area contributed by atoms with Crippen molar-refractivity contribution in [3.05, 3.63) is 24.3 Å². The quantitative estimate of drug-likeness (QED) is 0.0773. The summed E-state index contributed by atoms with van der Waals surface area (Å²) in [4.78, 5) is 0. The fourth-order valence-corrected chi connectivity index (χ4v) is 3.84. The van der Waals surface area contributed by atoms with Gasteiger partial charge >= 0.3 is 0 Å². The minimum Gasteiger partial charge on any atom is -0.390 e. The molecule has 202 valence electrons. The maximum atomic E-state index is 9.34. The van der Waals surface area contributed by atoms with Crippen molar-refractivity contribution >= 4 is 0 Å². The van der Waals surface area contributed by atoms with Crippen LogP contribution in [0.25, 0.3) is 0 Å². The zero-order chi connectivity index (χ0) is 25.0. The number of rotatable bonds is 27. The average molecular weight is 483 g/mol. The number of allylic oxidation sites excluding steroid dienone is 2. The summed E-state index contributed by atoms with van der Waals surface area (Å²) in [6.07, 6.45) is 29.2. The second-order valence-corrected chi connectivity index (χ2v) is 9.53. The Morgan fingerprint density at radius 2 is 0.765 bits per heavy atom. The Morgan fingerprint density at radius 3 is 1.09 bits per heavy atom. The van der Waals surface area contributed by atoms with E-state index in [4.69, 9.17) is 11.5 Å². The molecule has 0 heterocycles. The topological polar surface area (TPSA) is 117 Å². The van der Waals surface area contributed by atoms with Crippen molar-refractivity contribution < 1.29 is 10.2 Å². The Balaban J connectivity index is 3.15. The predicted octanol–water partition coefficient (Wildman–Crippen LogP) is 4.16. The van der Waals surface area contributed by atoms with E-state index >= 15 is 0 Å². The summed E-state index contributed by atoms with van der Waals surface area (Å²) in [5.41, 5.74) is 10.7. The first-order valence-electron chi connectivity index (χ1n) is 14.2. The summed E-state index contributed by atoms with van der Waals surface area (Å²) in [6, 6.07) is 0. The van der Waals surface area contributed by atoms with Crippen molar-refractivity contribution in [1.29, 1.82) is 0 Å². The summed E-state index contributed by atoms with van der Waals surface area (Å²) >= 11 is 0. The van der Waals surface area contributed by atoms with Gasteiger partial charge in [-0.15, -0.1) is 0 Å². The Kier molecular flexibility index (Phi) is 27.8. The molecule has 0 aromatic heterocycles. The molecular weight excluding hydrogens is 424 g/mol. The molecule has 0 aliphatic heterocycles. The van der Waals surface area contributed by atoms with Gasteiger partial charge in [0, 0.05) is 26.2 Å². The van der Waals surface area contributed by atoms with E-state index in [2.05, 4.69) is 34.9 Å². The number of aliphatic hydroxyl groups is 2. The van der Waals surface area contributed by atoms with Crippen LogP contribution in [0, 0.1) is 0 Å². The molecule has 6 nitrogen and oxygen atoms in total. The molecular formula is C28H58N4O2. The Labute approximate surface area is 211 Å². The lowest BCUT2D eigenvalue weighted by molar-refractivity contribution is 0.180. The standard InChI is InChI=1S/C28H58N4O2/c29-23-27(33)25-31-21-19-17-15-13-11-9-7-5-3-1-2-4-6-8-10-12-14-16-18-20-22-32-26-28(34)24-30/h15-18,27-28,31-34H,1-14,19-26,29-30H2. The molecule has 0 bridgehead atoms. The van der Waals surface area contributed by atoms with E-state index in [1.165, 1.54) is 89.9 Å². The van der Waals surface area contributed by atoms with E-state index in [0.717, 1.165) is 25.9 Å². The van der Waals surface area contributed by atoms with Gasteiger partial charge in [0.1, 0.15) is 0 Å². The lowest BCUT2D eigenvalue weighted by atomic mass is 10.0. The second kappa shape index (κ2) is 28.5. The highest BCUT2D eigenvalue weighted by Gasteiger charge is 1.98.